The molecule has 1 aliphatic rings. The van der Waals surface area contributed by atoms with E-state index in [1.807, 2.05) is 0 Å². The standard InChI is InChI=1S/C18H15ClFN3O4/c19-12-4-3-5-13(20)11(12)8-16(24)21-22-17(25)9-23-14-6-1-2-7-15(14)27-10-18(23)26/h1-7H,8-10H2,(H,21,24)(H,22,25). The molecule has 27 heavy (non-hydrogen) atoms. The van der Waals surface area contributed by atoms with E-state index in [1.54, 1.807) is 24.3 Å². The number of carbonyl (C=O) groups excluding carboxylic acids is 3. The zero-order valence-electron chi connectivity index (χ0n) is 14.0. The van der Waals surface area contributed by atoms with Crippen LogP contribution in [0.1, 0.15) is 5.56 Å². The zero-order chi connectivity index (χ0) is 19.4. The monoisotopic (exact) mass is 391 g/mol. The van der Waals surface area contributed by atoms with E-state index in [-0.39, 0.29) is 36.1 Å². The third kappa shape index (κ3) is 4.35. The number of nitrogens with zero attached hydrogens (tertiary/aromatic N) is 1. The summed E-state index contributed by atoms with van der Waals surface area (Å²) in [4.78, 5) is 37.3. The van der Waals surface area contributed by atoms with Crippen LogP contribution < -0.4 is 20.5 Å². The minimum atomic E-state index is -0.649. The smallest absolute Gasteiger partial charge is 0.265 e. The van der Waals surface area contributed by atoms with E-state index in [0.717, 1.165) is 0 Å². The topological polar surface area (TPSA) is 87.7 Å². The molecular weight excluding hydrogens is 377 g/mol. The maximum absolute atomic E-state index is 13.7. The number of nitrogens with one attached hydrogen (secondary N) is 2. The average molecular weight is 392 g/mol. The molecule has 0 aliphatic carbocycles. The number of amides is 3. The van der Waals surface area contributed by atoms with Crippen LogP contribution in [0.3, 0.4) is 0 Å². The van der Waals surface area contributed by atoms with Gasteiger partial charge in [0.25, 0.3) is 11.8 Å². The normalized spacial score (nSPS) is 12.8. The second-order valence-corrected chi connectivity index (χ2v) is 6.12. The summed E-state index contributed by atoms with van der Waals surface area (Å²) in [5.74, 6) is -1.77. The molecule has 0 bridgehead atoms. The highest BCUT2D eigenvalue weighted by Crippen LogP contribution is 2.31. The van der Waals surface area contributed by atoms with E-state index in [0.29, 0.717) is 11.4 Å². The Hall–Kier alpha value is -3.13. The van der Waals surface area contributed by atoms with Gasteiger partial charge in [0, 0.05) is 10.6 Å². The molecule has 9 heteroatoms. The molecule has 2 aromatic carbocycles. The molecule has 3 rings (SSSR count). The van der Waals surface area contributed by atoms with Gasteiger partial charge in [0.05, 0.1) is 12.1 Å². The van der Waals surface area contributed by atoms with E-state index < -0.39 is 17.6 Å². The van der Waals surface area contributed by atoms with Crippen LogP contribution >= 0.6 is 11.6 Å². The Morgan fingerprint density at radius 3 is 2.63 bits per heavy atom. The lowest BCUT2D eigenvalue weighted by molar-refractivity contribution is -0.129. The van der Waals surface area contributed by atoms with Gasteiger partial charge >= 0.3 is 0 Å². The van der Waals surface area contributed by atoms with E-state index in [2.05, 4.69) is 10.9 Å². The van der Waals surface area contributed by atoms with Gasteiger partial charge in [0.1, 0.15) is 18.1 Å². The van der Waals surface area contributed by atoms with Crippen molar-refractivity contribution >= 4 is 35.0 Å². The van der Waals surface area contributed by atoms with E-state index in [9.17, 15) is 18.8 Å². The van der Waals surface area contributed by atoms with Gasteiger partial charge in [0.2, 0.25) is 5.91 Å². The number of halogens is 2. The highest BCUT2D eigenvalue weighted by atomic mass is 35.5. The van der Waals surface area contributed by atoms with Gasteiger partial charge in [-0.25, -0.2) is 4.39 Å². The lowest BCUT2D eigenvalue weighted by Crippen LogP contribution is -2.50. The van der Waals surface area contributed by atoms with Crippen LogP contribution in [0.25, 0.3) is 0 Å². The van der Waals surface area contributed by atoms with Gasteiger partial charge in [-0.2, -0.15) is 0 Å². The Kier molecular flexibility index (Phi) is 5.56. The molecule has 0 fully saturated rings. The van der Waals surface area contributed by atoms with Gasteiger partial charge in [-0.3, -0.25) is 30.1 Å². The third-order valence-corrected chi connectivity index (χ3v) is 4.20. The molecule has 0 aromatic heterocycles. The van der Waals surface area contributed by atoms with Crippen molar-refractivity contribution in [3.63, 3.8) is 0 Å². The van der Waals surface area contributed by atoms with Crippen LogP contribution in [0.4, 0.5) is 10.1 Å². The molecule has 2 aromatic rings. The van der Waals surface area contributed by atoms with Crippen molar-refractivity contribution in [1.29, 1.82) is 0 Å². The summed E-state index contributed by atoms with van der Waals surface area (Å²) in [7, 11) is 0. The summed E-state index contributed by atoms with van der Waals surface area (Å²) in [6.07, 6.45) is -0.342. The summed E-state index contributed by atoms with van der Waals surface area (Å²) >= 11 is 5.87. The van der Waals surface area contributed by atoms with Crippen LogP contribution in [-0.4, -0.2) is 30.9 Å². The fraction of sp³-hybridized carbons (Fsp3) is 0.167. The summed E-state index contributed by atoms with van der Waals surface area (Å²) < 4.78 is 19.0. The van der Waals surface area contributed by atoms with Crippen molar-refractivity contribution in [3.05, 3.63) is 58.9 Å². The molecule has 1 heterocycles. The second kappa shape index (κ2) is 8.05. The van der Waals surface area contributed by atoms with Gasteiger partial charge in [-0.05, 0) is 24.3 Å². The quantitative estimate of drug-likeness (QED) is 0.775. The molecule has 0 saturated heterocycles. The largest absolute Gasteiger partial charge is 0.482 e. The molecule has 140 valence electrons. The van der Waals surface area contributed by atoms with Crippen molar-refractivity contribution in [3.8, 4) is 5.75 Å². The lowest BCUT2D eigenvalue weighted by atomic mass is 10.1. The summed E-state index contributed by atoms with van der Waals surface area (Å²) in [5, 5.41) is 0.118. The van der Waals surface area contributed by atoms with Crippen molar-refractivity contribution < 1.29 is 23.5 Å². The maximum atomic E-state index is 13.7. The number of anilines is 1. The Bertz CT molecular complexity index is 886. The maximum Gasteiger partial charge on any atom is 0.265 e. The van der Waals surface area contributed by atoms with Gasteiger partial charge in [-0.1, -0.05) is 29.8 Å². The van der Waals surface area contributed by atoms with Crippen LogP contribution in [0.5, 0.6) is 5.75 Å². The molecule has 7 nitrogen and oxygen atoms in total. The molecular formula is C18H15ClFN3O4. The molecule has 0 spiro atoms. The Morgan fingerprint density at radius 1 is 1.11 bits per heavy atom. The minimum absolute atomic E-state index is 0.0307. The number of hydrazine groups is 1. The van der Waals surface area contributed by atoms with E-state index in [4.69, 9.17) is 16.3 Å². The highest BCUT2D eigenvalue weighted by molar-refractivity contribution is 6.31. The number of ether oxygens (including phenoxy) is 1. The summed E-state index contributed by atoms with van der Waals surface area (Å²) in [6, 6.07) is 10.9. The number of carbonyl (C=O) groups is 3. The first-order valence-electron chi connectivity index (χ1n) is 7.98. The SMILES string of the molecule is O=C(Cc1c(F)cccc1Cl)NNC(=O)CN1C(=O)COc2ccccc21. The predicted molar refractivity (Wildman–Crippen MR) is 95.7 cm³/mol. The predicted octanol–water partition coefficient (Wildman–Crippen LogP) is 1.59. The lowest BCUT2D eigenvalue weighted by Gasteiger charge is -2.28. The van der Waals surface area contributed by atoms with Crippen LogP contribution in [0.2, 0.25) is 5.02 Å². The van der Waals surface area contributed by atoms with Gasteiger partial charge in [0.15, 0.2) is 6.61 Å². The van der Waals surface area contributed by atoms with Crippen LogP contribution in [0, 0.1) is 5.82 Å². The van der Waals surface area contributed by atoms with E-state index >= 15 is 0 Å². The molecule has 0 saturated carbocycles. The van der Waals surface area contributed by atoms with Gasteiger partial charge < -0.3 is 4.74 Å². The van der Waals surface area contributed by atoms with Crippen molar-refractivity contribution in [2.75, 3.05) is 18.1 Å². The fourth-order valence-corrected chi connectivity index (χ4v) is 2.79. The molecule has 0 atom stereocenters. The van der Waals surface area contributed by atoms with Crippen LogP contribution in [-0.2, 0) is 20.8 Å². The first-order chi connectivity index (χ1) is 13.0. The summed E-state index contributed by atoms with van der Waals surface area (Å²) in [5.41, 5.74) is 4.88. The molecule has 3 amide bonds. The number of para-hydroxylation sites is 2. The van der Waals surface area contributed by atoms with E-state index in [1.165, 1.54) is 23.1 Å². The second-order valence-electron chi connectivity index (χ2n) is 5.71. The van der Waals surface area contributed by atoms with Gasteiger partial charge in [-0.15, -0.1) is 0 Å². The number of hydrogen-bond donors (Lipinski definition) is 2. The zero-order valence-corrected chi connectivity index (χ0v) is 14.8. The number of rotatable bonds is 4. The van der Waals surface area contributed by atoms with Crippen molar-refractivity contribution in [2.45, 2.75) is 6.42 Å². The third-order valence-electron chi connectivity index (χ3n) is 3.85. The first kappa shape index (κ1) is 18.7. The first-order valence-corrected chi connectivity index (χ1v) is 8.36. The highest BCUT2D eigenvalue weighted by Gasteiger charge is 2.27. The van der Waals surface area contributed by atoms with Crippen molar-refractivity contribution in [1.82, 2.24) is 10.9 Å². The van der Waals surface area contributed by atoms with Crippen LogP contribution in [0.15, 0.2) is 42.5 Å². The summed E-state index contributed by atoms with van der Waals surface area (Å²) in [6.45, 7) is -0.484. The number of hydrogen-bond acceptors (Lipinski definition) is 4. The fourth-order valence-electron chi connectivity index (χ4n) is 2.56. The van der Waals surface area contributed by atoms with Crippen molar-refractivity contribution in [2.24, 2.45) is 0 Å². The minimum Gasteiger partial charge on any atom is -0.482 e. The molecule has 2 N–H and O–H groups in total. The Labute approximate surface area is 159 Å². The number of fused-ring (bicyclic) bond motifs is 1. The average Bonchev–Trinajstić information content (AvgIpc) is 2.65. The number of benzene rings is 2. The molecule has 0 unspecified atom stereocenters. The molecule has 0 radical (unpaired) electrons. The molecule has 1 aliphatic heterocycles. The Balaban J connectivity index is 1.57. The Morgan fingerprint density at radius 2 is 1.85 bits per heavy atom.